The lowest BCUT2D eigenvalue weighted by atomic mass is 10.2. The highest BCUT2D eigenvalue weighted by atomic mass is 32.2. The molecular weight excluding hydrogens is 550 g/mol. The number of carbonyl (C=O) groups is 2. The monoisotopic (exact) mass is 583 g/mol. The van der Waals surface area contributed by atoms with Crippen LogP contribution in [-0.2, 0) is 14.8 Å². The summed E-state index contributed by atoms with van der Waals surface area (Å²) in [6.07, 6.45) is 1.61. The second-order valence-corrected chi connectivity index (χ2v) is 12.0. The molecule has 1 saturated heterocycles. The summed E-state index contributed by atoms with van der Waals surface area (Å²) in [5.41, 5.74) is 0.819. The molecule has 218 valence electrons. The van der Waals surface area contributed by atoms with E-state index in [9.17, 15) is 23.1 Å². The Morgan fingerprint density at radius 3 is 2.34 bits per heavy atom. The molecule has 2 heterocycles. The van der Waals surface area contributed by atoms with Crippen LogP contribution in [0.15, 0.2) is 47.4 Å². The number of rotatable bonds is 10. The first kappa shape index (κ1) is 28.6. The van der Waals surface area contributed by atoms with Crippen LogP contribution in [0.2, 0.25) is 0 Å². The van der Waals surface area contributed by atoms with Gasteiger partial charge < -0.3 is 24.8 Å². The van der Waals surface area contributed by atoms with Gasteiger partial charge in [0.2, 0.25) is 21.8 Å². The maximum Gasteiger partial charge on any atom is 0.356 e. The third-order valence-corrected chi connectivity index (χ3v) is 9.27. The lowest BCUT2D eigenvalue weighted by molar-refractivity contribution is -0.117. The largest absolute Gasteiger partial charge is 0.497 e. The summed E-state index contributed by atoms with van der Waals surface area (Å²) in [6, 6.07) is 11.2. The van der Waals surface area contributed by atoms with Gasteiger partial charge in [0, 0.05) is 43.3 Å². The lowest BCUT2D eigenvalue weighted by Gasteiger charge is -2.33. The van der Waals surface area contributed by atoms with Crippen molar-refractivity contribution in [1.82, 2.24) is 19.0 Å². The van der Waals surface area contributed by atoms with Crippen LogP contribution in [0.3, 0.4) is 0 Å². The normalized spacial score (nSPS) is 16.4. The molecule has 1 aliphatic carbocycles. The van der Waals surface area contributed by atoms with Gasteiger partial charge in [0.05, 0.1) is 12.8 Å². The third-order valence-electron chi connectivity index (χ3n) is 7.35. The van der Waals surface area contributed by atoms with Crippen LogP contribution in [0.4, 0.5) is 5.69 Å². The van der Waals surface area contributed by atoms with Crippen LogP contribution >= 0.6 is 0 Å². The Morgan fingerprint density at radius 1 is 1.07 bits per heavy atom. The highest BCUT2D eigenvalue weighted by Gasteiger charge is 2.34. The number of carboxylic acids is 1. The number of aromatic nitrogens is 2. The molecule has 1 aliphatic heterocycles. The van der Waals surface area contributed by atoms with E-state index in [1.54, 1.807) is 37.3 Å². The smallest absolute Gasteiger partial charge is 0.356 e. The first-order valence-electron chi connectivity index (χ1n) is 13.4. The number of hydrogen-bond donors (Lipinski definition) is 2. The minimum atomic E-state index is -4.05. The first-order valence-corrected chi connectivity index (χ1v) is 14.9. The maximum atomic E-state index is 14.0. The number of amides is 1. The highest BCUT2D eigenvalue weighted by molar-refractivity contribution is 7.89. The third kappa shape index (κ3) is 5.92. The summed E-state index contributed by atoms with van der Waals surface area (Å²) >= 11 is 0. The van der Waals surface area contributed by atoms with Crippen LogP contribution in [0.25, 0.3) is 5.69 Å². The molecule has 5 rings (SSSR count). The van der Waals surface area contributed by atoms with Gasteiger partial charge in [0.1, 0.15) is 16.4 Å². The fourth-order valence-corrected chi connectivity index (χ4v) is 6.25. The number of anilines is 1. The van der Waals surface area contributed by atoms with Gasteiger partial charge in [-0.15, -0.1) is 0 Å². The molecule has 3 aromatic rings. The SMILES string of the molecule is CCN1CCN(S(=O)(=O)c2cc(NC(=O)C3CC3)ccc2Oc2c(C)c(C(=O)O)nn2-c2ccc(OC)cc2)CC1. The number of carboxylic acid groups (broad SMARTS) is 1. The minimum absolute atomic E-state index is 0.0120. The molecule has 1 aromatic heterocycles. The molecule has 41 heavy (non-hydrogen) atoms. The van der Waals surface area contributed by atoms with Crippen molar-refractivity contribution >= 4 is 27.6 Å². The Hall–Kier alpha value is -3.94. The van der Waals surface area contributed by atoms with Gasteiger partial charge in [0.15, 0.2) is 5.69 Å². The molecule has 0 unspecified atom stereocenters. The van der Waals surface area contributed by atoms with E-state index < -0.39 is 16.0 Å². The Morgan fingerprint density at radius 2 is 1.76 bits per heavy atom. The molecule has 12 nitrogen and oxygen atoms in total. The van der Waals surface area contributed by atoms with E-state index in [1.807, 2.05) is 6.92 Å². The van der Waals surface area contributed by atoms with Gasteiger partial charge in [0.25, 0.3) is 0 Å². The summed E-state index contributed by atoms with van der Waals surface area (Å²) in [7, 11) is -2.52. The molecule has 2 N–H and O–H groups in total. The van der Waals surface area contributed by atoms with E-state index in [0.717, 1.165) is 19.4 Å². The topological polar surface area (TPSA) is 143 Å². The van der Waals surface area contributed by atoms with Gasteiger partial charge in [-0.3, -0.25) is 4.79 Å². The second-order valence-electron chi connectivity index (χ2n) is 10.1. The molecule has 0 atom stereocenters. The van der Waals surface area contributed by atoms with Crippen LogP contribution in [0, 0.1) is 12.8 Å². The van der Waals surface area contributed by atoms with Crippen LogP contribution in [0.5, 0.6) is 17.4 Å². The fraction of sp³-hybridized carbons (Fsp3) is 0.393. The van der Waals surface area contributed by atoms with Crippen LogP contribution in [0.1, 0.15) is 35.8 Å². The van der Waals surface area contributed by atoms with E-state index >= 15 is 0 Å². The number of methoxy groups -OCH3 is 1. The Labute approximate surface area is 238 Å². The van der Waals surface area contributed by atoms with Gasteiger partial charge in [-0.2, -0.15) is 14.1 Å². The van der Waals surface area contributed by atoms with E-state index in [4.69, 9.17) is 9.47 Å². The van der Waals surface area contributed by atoms with Crippen molar-refractivity contribution in [2.24, 2.45) is 5.92 Å². The molecular formula is C28H33N5O7S. The predicted octanol–water partition coefficient (Wildman–Crippen LogP) is 3.35. The van der Waals surface area contributed by atoms with Crippen molar-refractivity contribution in [3.63, 3.8) is 0 Å². The van der Waals surface area contributed by atoms with Gasteiger partial charge in [-0.05, 0) is 68.8 Å². The number of hydrogen-bond acceptors (Lipinski definition) is 8. The molecule has 2 fully saturated rings. The average Bonchev–Trinajstić information content (AvgIpc) is 3.78. The van der Waals surface area contributed by atoms with E-state index in [-0.39, 0.29) is 39.6 Å². The molecule has 13 heteroatoms. The summed E-state index contributed by atoms with van der Waals surface area (Å²) in [5, 5.41) is 16.8. The van der Waals surface area contributed by atoms with Gasteiger partial charge in [-0.1, -0.05) is 6.92 Å². The quantitative estimate of drug-likeness (QED) is 0.367. The summed E-state index contributed by atoms with van der Waals surface area (Å²) in [4.78, 5) is 26.5. The number of nitrogens with one attached hydrogen (secondary N) is 1. The summed E-state index contributed by atoms with van der Waals surface area (Å²) in [5.74, 6) is -0.836. The Bertz CT molecular complexity index is 1560. The molecule has 0 spiro atoms. The number of likely N-dealkylation sites (N-methyl/N-ethyl adjacent to an activating group) is 1. The number of ether oxygens (including phenoxy) is 2. The van der Waals surface area contributed by atoms with Gasteiger partial charge >= 0.3 is 5.97 Å². The Balaban J connectivity index is 1.57. The number of sulfonamides is 1. The van der Waals surface area contributed by atoms with Crippen molar-refractivity contribution in [2.75, 3.05) is 45.2 Å². The van der Waals surface area contributed by atoms with E-state index in [1.165, 1.54) is 28.2 Å². The van der Waals surface area contributed by atoms with Crippen LogP contribution in [-0.4, -0.2) is 84.2 Å². The maximum absolute atomic E-state index is 14.0. The number of benzene rings is 2. The van der Waals surface area contributed by atoms with Crippen molar-refractivity contribution in [1.29, 1.82) is 0 Å². The zero-order chi connectivity index (χ0) is 29.3. The van der Waals surface area contributed by atoms with Crippen molar-refractivity contribution in [2.45, 2.75) is 31.6 Å². The van der Waals surface area contributed by atoms with Crippen molar-refractivity contribution < 1.29 is 32.6 Å². The number of nitrogens with zero attached hydrogens (tertiary/aromatic N) is 4. The number of carbonyl (C=O) groups excluding carboxylic acids is 1. The average molecular weight is 584 g/mol. The number of piperazine rings is 1. The lowest BCUT2D eigenvalue weighted by Crippen LogP contribution is -2.48. The van der Waals surface area contributed by atoms with E-state index in [0.29, 0.717) is 43.3 Å². The predicted molar refractivity (Wildman–Crippen MR) is 151 cm³/mol. The molecule has 1 amide bonds. The van der Waals surface area contributed by atoms with E-state index in [2.05, 4.69) is 15.3 Å². The molecule has 0 bridgehead atoms. The second kappa shape index (κ2) is 11.5. The first-order chi connectivity index (χ1) is 19.6. The zero-order valence-electron chi connectivity index (χ0n) is 23.2. The molecule has 2 aliphatic rings. The fourth-order valence-electron chi connectivity index (χ4n) is 4.69. The van der Waals surface area contributed by atoms with Crippen molar-refractivity contribution in [3.8, 4) is 23.1 Å². The Kier molecular flexibility index (Phi) is 8.02. The zero-order valence-corrected chi connectivity index (χ0v) is 24.0. The van der Waals surface area contributed by atoms with Crippen LogP contribution < -0.4 is 14.8 Å². The summed E-state index contributed by atoms with van der Waals surface area (Å²) in [6.45, 7) is 6.20. The molecule has 1 saturated carbocycles. The minimum Gasteiger partial charge on any atom is -0.497 e. The highest BCUT2D eigenvalue weighted by Crippen LogP contribution is 2.37. The molecule has 0 radical (unpaired) electrons. The standard InChI is InChI=1S/C28H33N5O7S/c1-4-31-13-15-32(16-14-31)41(37,38)24-17-20(29-26(34)19-5-6-19)7-12-23(24)40-27-18(2)25(28(35)36)30-33(27)21-8-10-22(39-3)11-9-21/h7-12,17,19H,4-6,13-16H2,1-3H3,(H,29,34)(H,35,36). The van der Waals surface area contributed by atoms with Crippen molar-refractivity contribution in [3.05, 3.63) is 53.7 Å². The summed E-state index contributed by atoms with van der Waals surface area (Å²) < 4.78 is 42.1. The molecule has 2 aromatic carbocycles. The number of aromatic carboxylic acids is 1. The van der Waals surface area contributed by atoms with Gasteiger partial charge in [-0.25, -0.2) is 13.2 Å².